The normalized spacial score (nSPS) is 25.5. The smallest absolute Gasteiger partial charge is 0.191 e. The predicted octanol–water partition coefficient (Wildman–Crippen LogP) is 2.10. The number of nitrogens with one attached hydrogen (secondary N) is 2. The number of hydrogen-bond acceptors (Lipinski definition) is 6. The summed E-state index contributed by atoms with van der Waals surface area (Å²) in [6.45, 7) is 12.1. The molecular weight excluding hydrogens is 406 g/mol. The molecule has 3 fully saturated rings. The molecule has 1 aromatic heterocycles. The minimum absolute atomic E-state index is 0.229. The summed E-state index contributed by atoms with van der Waals surface area (Å²) in [6.07, 6.45) is 6.75. The zero-order valence-corrected chi connectivity index (χ0v) is 19.6. The lowest BCUT2D eigenvalue weighted by molar-refractivity contribution is 0.00368. The Bertz CT molecular complexity index is 665. The molecule has 180 valence electrons. The third-order valence-corrected chi connectivity index (χ3v) is 6.97. The topological polar surface area (TPSA) is 74.5 Å². The minimum atomic E-state index is 0.229. The van der Waals surface area contributed by atoms with Crippen LogP contribution in [0.4, 0.5) is 0 Å². The van der Waals surface area contributed by atoms with Gasteiger partial charge in [-0.3, -0.25) is 14.8 Å². The Balaban J connectivity index is 1.41. The van der Waals surface area contributed by atoms with Crippen LogP contribution in [0.3, 0.4) is 0 Å². The van der Waals surface area contributed by atoms with Crippen LogP contribution in [0.25, 0.3) is 0 Å². The van der Waals surface area contributed by atoms with Crippen LogP contribution in [0.5, 0.6) is 0 Å². The van der Waals surface area contributed by atoms with Crippen LogP contribution >= 0.6 is 0 Å². The summed E-state index contributed by atoms with van der Waals surface area (Å²) in [4.78, 5) is 10.1. The third kappa shape index (κ3) is 6.47. The van der Waals surface area contributed by atoms with Crippen molar-refractivity contribution in [3.05, 3.63) is 24.2 Å². The van der Waals surface area contributed by atoms with E-state index in [1.165, 1.54) is 19.3 Å². The molecule has 3 aliphatic heterocycles. The lowest BCUT2D eigenvalue weighted by atomic mass is 9.97. The van der Waals surface area contributed by atoms with E-state index in [4.69, 9.17) is 18.9 Å². The Morgan fingerprint density at radius 3 is 2.59 bits per heavy atom. The first kappa shape index (κ1) is 23.5. The zero-order chi connectivity index (χ0) is 22.0. The Kier molecular flexibility index (Phi) is 9.26. The van der Waals surface area contributed by atoms with Crippen LogP contribution in [0.1, 0.15) is 44.4 Å². The Hall–Kier alpha value is -1.61. The number of guanidine groups is 1. The fourth-order valence-corrected chi connectivity index (χ4v) is 5.17. The molecule has 8 nitrogen and oxygen atoms in total. The van der Waals surface area contributed by atoms with E-state index in [9.17, 15) is 0 Å². The molecular formula is C24H41N5O3. The number of likely N-dealkylation sites (tertiary alicyclic amines) is 1. The highest BCUT2D eigenvalue weighted by molar-refractivity contribution is 5.79. The van der Waals surface area contributed by atoms with Gasteiger partial charge in [-0.1, -0.05) is 6.42 Å². The van der Waals surface area contributed by atoms with Gasteiger partial charge in [0, 0.05) is 44.7 Å². The Morgan fingerprint density at radius 1 is 1.06 bits per heavy atom. The van der Waals surface area contributed by atoms with Gasteiger partial charge in [0.1, 0.15) is 5.76 Å². The molecule has 3 unspecified atom stereocenters. The number of nitrogens with zero attached hydrogens (tertiary/aromatic N) is 3. The first-order valence-corrected chi connectivity index (χ1v) is 12.5. The molecule has 0 saturated carbocycles. The van der Waals surface area contributed by atoms with Crippen LogP contribution in [-0.2, 0) is 9.47 Å². The summed E-state index contributed by atoms with van der Waals surface area (Å²) >= 11 is 0. The molecule has 0 bridgehead atoms. The fourth-order valence-electron chi connectivity index (χ4n) is 5.17. The third-order valence-electron chi connectivity index (χ3n) is 6.97. The zero-order valence-electron chi connectivity index (χ0n) is 19.6. The van der Waals surface area contributed by atoms with Crippen molar-refractivity contribution in [2.24, 2.45) is 10.9 Å². The molecule has 0 amide bonds. The van der Waals surface area contributed by atoms with Crippen molar-refractivity contribution >= 4 is 5.96 Å². The highest BCUT2D eigenvalue weighted by Crippen LogP contribution is 2.25. The number of piperidine rings is 1. The van der Waals surface area contributed by atoms with Crippen molar-refractivity contribution in [3.63, 3.8) is 0 Å². The molecule has 32 heavy (non-hydrogen) atoms. The first-order chi connectivity index (χ1) is 15.8. The Labute approximate surface area is 192 Å². The molecule has 3 atom stereocenters. The molecule has 3 aliphatic rings. The fraction of sp³-hybridized carbons (Fsp3) is 0.792. The van der Waals surface area contributed by atoms with E-state index in [2.05, 4.69) is 33.4 Å². The van der Waals surface area contributed by atoms with Gasteiger partial charge in [-0.15, -0.1) is 0 Å². The largest absolute Gasteiger partial charge is 0.468 e. The van der Waals surface area contributed by atoms with Crippen molar-refractivity contribution < 1.29 is 13.9 Å². The van der Waals surface area contributed by atoms with Crippen LogP contribution in [0, 0.1) is 5.92 Å². The summed E-state index contributed by atoms with van der Waals surface area (Å²) in [5.74, 6) is 2.46. The Morgan fingerprint density at radius 2 is 1.91 bits per heavy atom. The van der Waals surface area contributed by atoms with E-state index in [0.29, 0.717) is 12.0 Å². The van der Waals surface area contributed by atoms with E-state index >= 15 is 0 Å². The lowest BCUT2D eigenvalue weighted by Gasteiger charge is -2.36. The first-order valence-electron chi connectivity index (χ1n) is 12.5. The molecule has 0 aliphatic carbocycles. The molecule has 4 heterocycles. The molecule has 4 rings (SSSR count). The van der Waals surface area contributed by atoms with Gasteiger partial charge >= 0.3 is 0 Å². The van der Waals surface area contributed by atoms with Crippen molar-refractivity contribution in [2.45, 2.75) is 44.7 Å². The van der Waals surface area contributed by atoms with E-state index < -0.39 is 0 Å². The number of morpholine rings is 1. The molecule has 2 N–H and O–H groups in total. The molecule has 8 heteroatoms. The van der Waals surface area contributed by atoms with Crippen molar-refractivity contribution in [1.82, 2.24) is 20.4 Å². The second-order valence-electron chi connectivity index (χ2n) is 9.07. The average Bonchev–Trinajstić information content (AvgIpc) is 3.56. The SMILES string of the molecule is CCNC(=NCC(C1CCOC1)N1CCOCC1)NCC(c1ccco1)N1CCCCC1. The number of furan rings is 1. The van der Waals surface area contributed by atoms with E-state index in [-0.39, 0.29) is 6.04 Å². The number of rotatable bonds is 9. The predicted molar refractivity (Wildman–Crippen MR) is 126 cm³/mol. The van der Waals surface area contributed by atoms with Crippen LogP contribution in [0.15, 0.2) is 27.8 Å². The molecule has 0 spiro atoms. The average molecular weight is 448 g/mol. The standard InChI is InChI=1S/C24H41N5O3/c1-2-25-24(26-17-21(20-8-14-31-19-20)29-11-15-30-16-12-29)27-18-22(23-7-6-13-32-23)28-9-4-3-5-10-28/h6-7,13,20-22H,2-5,8-12,14-19H2,1H3,(H2,25,26,27). The van der Waals surface area contributed by atoms with Crippen molar-refractivity contribution in [2.75, 3.05) is 72.2 Å². The highest BCUT2D eigenvalue weighted by atomic mass is 16.5. The minimum Gasteiger partial charge on any atom is -0.468 e. The van der Waals surface area contributed by atoms with E-state index in [1.807, 2.05) is 6.07 Å². The van der Waals surface area contributed by atoms with Gasteiger partial charge in [0.2, 0.25) is 0 Å². The molecule has 0 aromatic carbocycles. The number of ether oxygens (including phenoxy) is 2. The monoisotopic (exact) mass is 447 g/mol. The molecule has 0 radical (unpaired) electrons. The summed E-state index contributed by atoms with van der Waals surface area (Å²) < 4.78 is 17.1. The second kappa shape index (κ2) is 12.6. The van der Waals surface area contributed by atoms with Gasteiger partial charge < -0.3 is 24.5 Å². The van der Waals surface area contributed by atoms with E-state index in [0.717, 1.165) is 90.4 Å². The van der Waals surface area contributed by atoms with Gasteiger partial charge in [-0.2, -0.15) is 0 Å². The number of hydrogen-bond donors (Lipinski definition) is 2. The summed E-state index contributed by atoms with van der Waals surface area (Å²) in [7, 11) is 0. The van der Waals surface area contributed by atoms with E-state index in [1.54, 1.807) is 6.26 Å². The maximum absolute atomic E-state index is 5.81. The van der Waals surface area contributed by atoms with Crippen molar-refractivity contribution in [3.8, 4) is 0 Å². The van der Waals surface area contributed by atoms with Crippen LogP contribution in [0.2, 0.25) is 0 Å². The van der Waals surface area contributed by atoms with Gasteiger partial charge in [0.15, 0.2) is 5.96 Å². The van der Waals surface area contributed by atoms with Gasteiger partial charge in [0.05, 0.1) is 38.7 Å². The molecule has 3 saturated heterocycles. The summed E-state index contributed by atoms with van der Waals surface area (Å²) in [6, 6.07) is 4.72. The maximum Gasteiger partial charge on any atom is 0.191 e. The van der Waals surface area contributed by atoms with Crippen molar-refractivity contribution in [1.29, 1.82) is 0 Å². The van der Waals surface area contributed by atoms with Gasteiger partial charge in [-0.05, 0) is 51.4 Å². The summed E-state index contributed by atoms with van der Waals surface area (Å²) in [5, 5.41) is 7.07. The van der Waals surface area contributed by atoms with Gasteiger partial charge in [-0.25, -0.2) is 0 Å². The second-order valence-corrected chi connectivity index (χ2v) is 9.07. The maximum atomic E-state index is 5.81. The summed E-state index contributed by atoms with van der Waals surface area (Å²) in [5.41, 5.74) is 0. The van der Waals surface area contributed by atoms with Crippen LogP contribution in [-0.4, -0.2) is 94.0 Å². The lowest BCUT2D eigenvalue weighted by Crippen LogP contribution is -2.49. The van der Waals surface area contributed by atoms with Crippen LogP contribution < -0.4 is 10.6 Å². The molecule has 1 aromatic rings. The highest BCUT2D eigenvalue weighted by Gasteiger charge is 2.31. The van der Waals surface area contributed by atoms with Gasteiger partial charge in [0.25, 0.3) is 0 Å². The quantitative estimate of drug-likeness (QED) is 0.444. The number of aliphatic imine (C=N–C) groups is 1.